The van der Waals surface area contributed by atoms with Crippen LogP contribution in [-0.4, -0.2) is 29.2 Å². The molecule has 0 aliphatic rings. The van der Waals surface area contributed by atoms with Crippen LogP contribution < -0.4 is 0 Å². The molecule has 0 unspecified atom stereocenters. The zero-order chi connectivity index (χ0) is 14.6. The second kappa shape index (κ2) is 6.65. The number of hydrogen-bond acceptors (Lipinski definition) is 3. The van der Waals surface area contributed by atoms with Crippen LogP contribution in [0.4, 0.5) is 0 Å². The van der Waals surface area contributed by atoms with Crippen molar-refractivity contribution in [3.8, 4) is 11.5 Å². The minimum absolute atomic E-state index is 0.522. The van der Waals surface area contributed by atoms with Gasteiger partial charge in [-0.15, -0.1) is 0 Å². The molecule has 2 heterocycles. The number of imidazole rings is 1. The van der Waals surface area contributed by atoms with Gasteiger partial charge in [-0.25, -0.2) is 4.98 Å². The molecule has 0 amide bonds. The normalized spacial score (nSPS) is 11.8. The van der Waals surface area contributed by atoms with E-state index in [1.54, 1.807) is 12.4 Å². The molecular formula is C14H20BrN3OSi. The maximum absolute atomic E-state index is 5.76. The van der Waals surface area contributed by atoms with E-state index in [0.717, 1.165) is 22.6 Å². The highest BCUT2D eigenvalue weighted by Gasteiger charge is 2.12. The lowest BCUT2D eigenvalue weighted by Gasteiger charge is -2.16. The SMILES string of the molecule is C[Si](C)(C)CCOCn1ccnc1-c1cc(Br)ccn1. The average molecular weight is 354 g/mol. The summed E-state index contributed by atoms with van der Waals surface area (Å²) in [7, 11) is -1.03. The lowest BCUT2D eigenvalue weighted by atomic mass is 10.3. The quantitative estimate of drug-likeness (QED) is 0.581. The molecule has 0 N–H and O–H groups in total. The first-order valence-electron chi connectivity index (χ1n) is 6.66. The van der Waals surface area contributed by atoms with Crippen molar-refractivity contribution in [2.75, 3.05) is 6.61 Å². The van der Waals surface area contributed by atoms with Gasteiger partial charge in [0.05, 0.1) is 0 Å². The first-order chi connectivity index (χ1) is 9.46. The number of rotatable bonds is 6. The number of hydrogen-bond donors (Lipinski definition) is 0. The van der Waals surface area contributed by atoms with Crippen LogP contribution in [0.2, 0.25) is 25.7 Å². The van der Waals surface area contributed by atoms with Crippen LogP contribution in [0.1, 0.15) is 0 Å². The predicted molar refractivity (Wildman–Crippen MR) is 87.3 cm³/mol. The standard InChI is InChI=1S/C14H20BrN3OSi/c1-20(2,3)9-8-19-11-18-7-6-17-14(18)13-10-12(15)4-5-16-13/h4-7,10H,8-9,11H2,1-3H3. The van der Waals surface area contributed by atoms with Crippen LogP contribution in [0.5, 0.6) is 0 Å². The van der Waals surface area contributed by atoms with E-state index in [1.165, 1.54) is 6.04 Å². The molecule has 4 nitrogen and oxygen atoms in total. The zero-order valence-electron chi connectivity index (χ0n) is 12.1. The smallest absolute Gasteiger partial charge is 0.160 e. The molecule has 108 valence electrons. The highest BCUT2D eigenvalue weighted by atomic mass is 79.9. The molecule has 20 heavy (non-hydrogen) atoms. The molecule has 6 heteroatoms. The third kappa shape index (κ3) is 4.54. The van der Waals surface area contributed by atoms with Crippen LogP contribution in [0.15, 0.2) is 35.2 Å². The van der Waals surface area contributed by atoms with Crippen LogP contribution >= 0.6 is 15.9 Å². The van der Waals surface area contributed by atoms with Crippen LogP contribution in [0.25, 0.3) is 11.5 Å². The van der Waals surface area contributed by atoms with Crippen molar-refractivity contribution in [3.63, 3.8) is 0 Å². The first kappa shape index (κ1) is 15.4. The second-order valence-electron chi connectivity index (χ2n) is 5.93. The van der Waals surface area contributed by atoms with Gasteiger partial charge in [-0.2, -0.15) is 0 Å². The maximum Gasteiger partial charge on any atom is 0.160 e. The Hall–Kier alpha value is -0.983. The largest absolute Gasteiger partial charge is 0.361 e. The Morgan fingerprint density at radius 1 is 1.25 bits per heavy atom. The van der Waals surface area contributed by atoms with Crippen molar-refractivity contribution in [2.24, 2.45) is 0 Å². The highest BCUT2D eigenvalue weighted by Crippen LogP contribution is 2.19. The minimum atomic E-state index is -1.03. The Morgan fingerprint density at radius 3 is 2.75 bits per heavy atom. The van der Waals surface area contributed by atoms with E-state index in [-0.39, 0.29) is 0 Å². The van der Waals surface area contributed by atoms with E-state index in [0.29, 0.717) is 6.73 Å². The topological polar surface area (TPSA) is 39.9 Å². The molecule has 0 atom stereocenters. The third-order valence-corrected chi connectivity index (χ3v) is 5.09. The van der Waals surface area contributed by atoms with Crippen LogP contribution in [0.3, 0.4) is 0 Å². The molecule has 0 fully saturated rings. The highest BCUT2D eigenvalue weighted by molar-refractivity contribution is 9.10. The number of ether oxygens (including phenoxy) is 1. The molecule has 2 aromatic heterocycles. The minimum Gasteiger partial charge on any atom is -0.361 e. The van der Waals surface area contributed by atoms with Crippen molar-refractivity contribution in [1.29, 1.82) is 0 Å². The molecule has 0 saturated carbocycles. The molecule has 0 spiro atoms. The van der Waals surface area contributed by atoms with Gasteiger partial charge in [0.15, 0.2) is 5.82 Å². The summed E-state index contributed by atoms with van der Waals surface area (Å²) in [6.07, 6.45) is 5.47. The Kier molecular flexibility index (Phi) is 5.12. The summed E-state index contributed by atoms with van der Waals surface area (Å²) in [4.78, 5) is 8.71. The Balaban J connectivity index is 1.99. The first-order valence-corrected chi connectivity index (χ1v) is 11.2. The second-order valence-corrected chi connectivity index (χ2v) is 12.5. The van der Waals surface area contributed by atoms with Gasteiger partial charge in [0, 0.05) is 37.7 Å². The van der Waals surface area contributed by atoms with Gasteiger partial charge >= 0.3 is 0 Å². The van der Waals surface area contributed by atoms with E-state index >= 15 is 0 Å². The lowest BCUT2D eigenvalue weighted by molar-refractivity contribution is 0.0882. The van der Waals surface area contributed by atoms with E-state index in [4.69, 9.17) is 4.74 Å². The third-order valence-electron chi connectivity index (χ3n) is 2.89. The Labute approximate surface area is 129 Å². The molecule has 0 aliphatic heterocycles. The summed E-state index contributed by atoms with van der Waals surface area (Å²) in [6.45, 7) is 8.38. The zero-order valence-corrected chi connectivity index (χ0v) is 14.7. The van der Waals surface area contributed by atoms with Crippen molar-refractivity contribution >= 4 is 24.0 Å². The van der Waals surface area contributed by atoms with Gasteiger partial charge in [-0.05, 0) is 18.2 Å². The molecular weight excluding hydrogens is 334 g/mol. The fourth-order valence-electron chi connectivity index (χ4n) is 1.71. The number of nitrogens with zero attached hydrogens (tertiary/aromatic N) is 3. The molecule has 0 bridgehead atoms. The van der Waals surface area contributed by atoms with Gasteiger partial charge in [0.2, 0.25) is 0 Å². The van der Waals surface area contributed by atoms with Gasteiger partial charge in [0.25, 0.3) is 0 Å². The van der Waals surface area contributed by atoms with Crippen molar-refractivity contribution in [2.45, 2.75) is 32.4 Å². The summed E-state index contributed by atoms with van der Waals surface area (Å²) in [5.41, 5.74) is 0.846. The summed E-state index contributed by atoms with van der Waals surface area (Å²) >= 11 is 3.45. The van der Waals surface area contributed by atoms with E-state index in [9.17, 15) is 0 Å². The van der Waals surface area contributed by atoms with Crippen molar-refractivity contribution in [1.82, 2.24) is 14.5 Å². The predicted octanol–water partition coefficient (Wildman–Crippen LogP) is 4.02. The molecule has 2 aromatic rings. The van der Waals surface area contributed by atoms with Gasteiger partial charge in [-0.3, -0.25) is 4.98 Å². The summed E-state index contributed by atoms with van der Waals surface area (Å²) in [6, 6.07) is 5.04. The average Bonchev–Trinajstić information content (AvgIpc) is 2.82. The Bertz CT molecular complexity index is 566. The molecule has 0 saturated heterocycles. The lowest BCUT2D eigenvalue weighted by Crippen LogP contribution is -2.22. The van der Waals surface area contributed by atoms with Crippen LogP contribution in [-0.2, 0) is 11.5 Å². The number of aromatic nitrogens is 3. The fraction of sp³-hybridized carbons (Fsp3) is 0.429. The number of halogens is 1. The van der Waals surface area contributed by atoms with E-state index in [2.05, 4.69) is 45.5 Å². The fourth-order valence-corrected chi connectivity index (χ4v) is 2.81. The van der Waals surface area contributed by atoms with Crippen molar-refractivity contribution in [3.05, 3.63) is 35.2 Å². The maximum atomic E-state index is 5.76. The molecule has 0 aromatic carbocycles. The van der Waals surface area contributed by atoms with E-state index < -0.39 is 8.07 Å². The van der Waals surface area contributed by atoms with Gasteiger partial charge in [0.1, 0.15) is 12.4 Å². The van der Waals surface area contributed by atoms with Gasteiger partial charge < -0.3 is 9.30 Å². The summed E-state index contributed by atoms with van der Waals surface area (Å²) in [5, 5.41) is 0. The number of pyridine rings is 1. The molecule has 0 radical (unpaired) electrons. The summed E-state index contributed by atoms with van der Waals surface area (Å²) < 4.78 is 8.75. The summed E-state index contributed by atoms with van der Waals surface area (Å²) in [5.74, 6) is 0.833. The van der Waals surface area contributed by atoms with Crippen molar-refractivity contribution < 1.29 is 4.74 Å². The Morgan fingerprint density at radius 2 is 2.05 bits per heavy atom. The van der Waals surface area contributed by atoms with Gasteiger partial charge in [-0.1, -0.05) is 35.6 Å². The van der Waals surface area contributed by atoms with E-state index in [1.807, 2.05) is 22.9 Å². The molecule has 2 rings (SSSR count). The van der Waals surface area contributed by atoms with Crippen LogP contribution in [0, 0.1) is 0 Å². The molecule has 0 aliphatic carbocycles. The monoisotopic (exact) mass is 353 g/mol.